The lowest BCUT2D eigenvalue weighted by molar-refractivity contribution is -0.145. The molecule has 4 saturated carbocycles. The van der Waals surface area contributed by atoms with Crippen LogP contribution in [0.4, 0.5) is 0 Å². The van der Waals surface area contributed by atoms with Crippen LogP contribution in [0, 0.1) is 52.8 Å². The fraction of sp³-hybridized carbons (Fsp3) is 0.905. The van der Waals surface area contributed by atoms with Crippen LogP contribution in [-0.4, -0.2) is 16.9 Å². The summed E-state index contributed by atoms with van der Waals surface area (Å²) in [4.78, 5) is 24.7. The maximum atomic E-state index is 13.1. The molecule has 4 aliphatic rings. The Morgan fingerprint density at radius 2 is 1.75 bits per heavy atom. The van der Waals surface area contributed by atoms with Crippen molar-refractivity contribution in [3.05, 3.63) is 0 Å². The Kier molecular flexibility index (Phi) is 3.85. The standard InChI is InChI=1S/C21H32O3/c1-4-5-11(2)19(22)21(3)9-13-6-14(10-21)18-15-7-12(17(13)18)8-16(15)20(23)24/h11-18H,4-10H2,1-3H3,(H,23,24). The van der Waals surface area contributed by atoms with Gasteiger partial charge in [0.15, 0.2) is 0 Å². The third-order valence-corrected chi connectivity index (χ3v) is 8.33. The summed E-state index contributed by atoms with van der Waals surface area (Å²) >= 11 is 0. The van der Waals surface area contributed by atoms with E-state index in [-0.39, 0.29) is 17.3 Å². The maximum Gasteiger partial charge on any atom is 0.306 e. The van der Waals surface area contributed by atoms with Crippen molar-refractivity contribution in [2.24, 2.45) is 52.8 Å². The van der Waals surface area contributed by atoms with Gasteiger partial charge in [-0.3, -0.25) is 9.59 Å². The smallest absolute Gasteiger partial charge is 0.306 e. The highest BCUT2D eigenvalue weighted by atomic mass is 16.4. The highest BCUT2D eigenvalue weighted by Gasteiger charge is 2.65. The number of carboxylic acid groups (broad SMARTS) is 1. The summed E-state index contributed by atoms with van der Waals surface area (Å²) < 4.78 is 0. The zero-order valence-electron chi connectivity index (χ0n) is 15.3. The van der Waals surface area contributed by atoms with Gasteiger partial charge in [0.05, 0.1) is 5.92 Å². The summed E-state index contributed by atoms with van der Waals surface area (Å²) in [6, 6.07) is 0. The summed E-state index contributed by atoms with van der Waals surface area (Å²) in [6.45, 7) is 6.49. The molecule has 0 aromatic heterocycles. The van der Waals surface area contributed by atoms with Gasteiger partial charge < -0.3 is 5.11 Å². The van der Waals surface area contributed by atoms with E-state index in [1.807, 2.05) is 0 Å². The van der Waals surface area contributed by atoms with E-state index in [0.717, 1.165) is 44.4 Å². The monoisotopic (exact) mass is 332 g/mol. The zero-order chi connectivity index (χ0) is 17.2. The Morgan fingerprint density at radius 1 is 1.08 bits per heavy atom. The minimum absolute atomic E-state index is 0.100. The van der Waals surface area contributed by atoms with Crippen LogP contribution in [0.5, 0.6) is 0 Å². The minimum atomic E-state index is -0.571. The molecule has 4 rings (SSSR count). The highest BCUT2D eigenvalue weighted by Crippen LogP contribution is 2.69. The lowest BCUT2D eigenvalue weighted by Gasteiger charge is -2.39. The normalized spacial score (nSPS) is 49.9. The van der Waals surface area contributed by atoms with Gasteiger partial charge in [0.25, 0.3) is 0 Å². The van der Waals surface area contributed by atoms with Gasteiger partial charge in [-0.2, -0.15) is 0 Å². The van der Waals surface area contributed by atoms with Crippen LogP contribution in [0.15, 0.2) is 0 Å². The van der Waals surface area contributed by atoms with Gasteiger partial charge in [0.2, 0.25) is 0 Å². The van der Waals surface area contributed by atoms with Crippen LogP contribution in [0.25, 0.3) is 0 Å². The number of ketones is 1. The van der Waals surface area contributed by atoms with Crippen LogP contribution in [0.3, 0.4) is 0 Å². The van der Waals surface area contributed by atoms with Crippen LogP contribution < -0.4 is 0 Å². The predicted octanol–water partition coefficient (Wildman–Crippen LogP) is 4.40. The second-order valence-electron chi connectivity index (χ2n) is 9.77. The Hall–Kier alpha value is -0.860. The molecule has 0 aromatic rings. The average molecular weight is 332 g/mol. The van der Waals surface area contributed by atoms with Gasteiger partial charge in [-0.15, -0.1) is 0 Å². The third-order valence-electron chi connectivity index (χ3n) is 8.33. The second-order valence-corrected chi connectivity index (χ2v) is 9.77. The van der Waals surface area contributed by atoms with E-state index in [1.54, 1.807) is 0 Å². The van der Waals surface area contributed by atoms with Crippen molar-refractivity contribution in [1.82, 2.24) is 0 Å². The molecule has 3 heteroatoms. The molecule has 134 valence electrons. The molecule has 4 bridgehead atoms. The molecule has 3 nitrogen and oxygen atoms in total. The number of hydrogen-bond donors (Lipinski definition) is 1. The van der Waals surface area contributed by atoms with Crippen molar-refractivity contribution < 1.29 is 14.7 Å². The molecular formula is C21H32O3. The molecule has 4 fully saturated rings. The largest absolute Gasteiger partial charge is 0.481 e. The first-order valence-electron chi connectivity index (χ1n) is 10.1. The van der Waals surface area contributed by atoms with Crippen molar-refractivity contribution in [1.29, 1.82) is 0 Å². The van der Waals surface area contributed by atoms with Gasteiger partial charge in [0.1, 0.15) is 5.78 Å². The molecule has 0 saturated heterocycles. The molecular weight excluding hydrogens is 300 g/mol. The molecule has 0 radical (unpaired) electrons. The van der Waals surface area contributed by atoms with Crippen LogP contribution in [0.1, 0.15) is 65.7 Å². The summed E-state index contributed by atoms with van der Waals surface area (Å²) in [5.41, 5.74) is -0.148. The Bertz CT molecular complexity index is 555. The van der Waals surface area contributed by atoms with E-state index in [9.17, 15) is 14.7 Å². The Balaban J connectivity index is 1.56. The minimum Gasteiger partial charge on any atom is -0.481 e. The average Bonchev–Trinajstić information content (AvgIpc) is 3.18. The van der Waals surface area contributed by atoms with Gasteiger partial charge in [-0.1, -0.05) is 27.2 Å². The van der Waals surface area contributed by atoms with E-state index in [4.69, 9.17) is 0 Å². The first-order valence-corrected chi connectivity index (χ1v) is 10.1. The molecule has 0 amide bonds. The van der Waals surface area contributed by atoms with Gasteiger partial charge >= 0.3 is 5.97 Å². The molecule has 9 atom stereocenters. The molecule has 0 heterocycles. The molecule has 24 heavy (non-hydrogen) atoms. The molecule has 9 unspecified atom stereocenters. The number of carbonyl (C=O) groups excluding carboxylic acids is 1. The first kappa shape index (κ1) is 16.6. The van der Waals surface area contributed by atoms with E-state index in [1.165, 1.54) is 6.42 Å². The first-order chi connectivity index (χ1) is 11.4. The fourth-order valence-electron chi connectivity index (χ4n) is 7.84. The second kappa shape index (κ2) is 5.57. The summed E-state index contributed by atoms with van der Waals surface area (Å²) in [5.74, 6) is 3.64. The lowest BCUT2D eigenvalue weighted by Crippen LogP contribution is -2.39. The zero-order valence-corrected chi connectivity index (χ0v) is 15.3. The highest BCUT2D eigenvalue weighted by molar-refractivity contribution is 5.86. The Morgan fingerprint density at radius 3 is 2.38 bits per heavy atom. The van der Waals surface area contributed by atoms with Crippen LogP contribution in [0.2, 0.25) is 0 Å². The molecule has 1 N–H and O–H groups in total. The van der Waals surface area contributed by atoms with Crippen molar-refractivity contribution in [3.63, 3.8) is 0 Å². The Labute approximate surface area is 145 Å². The SMILES string of the molecule is CCCC(C)C(=O)C1(C)CC2CC(C1)C1C3CC(CC3C(=O)O)C21. The number of fused-ring (bicyclic) bond motifs is 9. The van der Waals surface area contributed by atoms with Crippen molar-refractivity contribution in [2.45, 2.75) is 65.7 Å². The topological polar surface area (TPSA) is 54.4 Å². The number of carboxylic acids is 1. The number of hydrogen-bond acceptors (Lipinski definition) is 2. The van der Waals surface area contributed by atoms with Gasteiger partial charge in [-0.25, -0.2) is 0 Å². The molecule has 0 aliphatic heterocycles. The van der Waals surface area contributed by atoms with Gasteiger partial charge in [-0.05, 0) is 74.0 Å². The summed E-state index contributed by atoms with van der Waals surface area (Å²) in [6.07, 6.45) is 7.48. The number of rotatable bonds is 5. The molecule has 0 aromatic carbocycles. The van der Waals surface area contributed by atoms with Crippen molar-refractivity contribution in [3.8, 4) is 0 Å². The van der Waals surface area contributed by atoms with Gasteiger partial charge in [0, 0.05) is 11.3 Å². The van der Waals surface area contributed by atoms with E-state index in [2.05, 4.69) is 20.8 Å². The molecule has 0 spiro atoms. The number of Topliss-reactive ketones (excluding diaryl/α,β-unsaturated/α-hetero) is 1. The maximum absolute atomic E-state index is 13.1. The third kappa shape index (κ3) is 2.22. The van der Waals surface area contributed by atoms with E-state index >= 15 is 0 Å². The van der Waals surface area contributed by atoms with Crippen molar-refractivity contribution in [2.75, 3.05) is 0 Å². The van der Waals surface area contributed by atoms with Crippen LogP contribution >= 0.6 is 0 Å². The van der Waals surface area contributed by atoms with Crippen LogP contribution in [-0.2, 0) is 9.59 Å². The van der Waals surface area contributed by atoms with E-state index in [0.29, 0.717) is 35.4 Å². The quantitative estimate of drug-likeness (QED) is 0.759. The van der Waals surface area contributed by atoms with E-state index < -0.39 is 5.97 Å². The number of aliphatic carboxylic acids is 1. The summed E-state index contributed by atoms with van der Waals surface area (Å²) in [5, 5.41) is 9.56. The number of carbonyl (C=O) groups is 2. The predicted molar refractivity (Wildman–Crippen MR) is 92.3 cm³/mol. The lowest BCUT2D eigenvalue weighted by atomic mass is 9.63. The fourth-order valence-corrected chi connectivity index (χ4v) is 7.84. The summed E-state index contributed by atoms with van der Waals surface area (Å²) in [7, 11) is 0. The molecule has 4 aliphatic carbocycles. The van der Waals surface area contributed by atoms with Crippen molar-refractivity contribution >= 4 is 11.8 Å².